The summed E-state index contributed by atoms with van der Waals surface area (Å²) in [6.07, 6.45) is 3.80. The maximum absolute atomic E-state index is 8.69. The summed E-state index contributed by atoms with van der Waals surface area (Å²) < 4.78 is 11.1. The molecule has 25 heavy (non-hydrogen) atoms. The normalized spacial score (nSPS) is 10.1. The minimum absolute atomic E-state index is 0.210. The van der Waals surface area contributed by atoms with Crippen molar-refractivity contribution in [3.63, 3.8) is 0 Å². The van der Waals surface area contributed by atoms with Crippen LogP contribution in [0.1, 0.15) is 53.4 Å². The van der Waals surface area contributed by atoms with E-state index < -0.39 is 0 Å². The molecule has 0 fully saturated rings. The smallest absolute Gasteiger partial charge is 0.217 e. The molecule has 0 aliphatic carbocycles. The van der Waals surface area contributed by atoms with Crippen molar-refractivity contribution >= 4 is 11.5 Å². The zero-order chi connectivity index (χ0) is 18.9. The molecule has 0 bridgehead atoms. The van der Waals surface area contributed by atoms with Crippen molar-refractivity contribution < 1.29 is 14.6 Å². The topological polar surface area (TPSA) is 80.8 Å². The molecule has 6 nitrogen and oxygen atoms in total. The Bertz CT molecular complexity index is 424. The Labute approximate surface area is 153 Å². The van der Waals surface area contributed by atoms with E-state index in [4.69, 9.17) is 20.3 Å². The molecule has 0 aliphatic heterocycles. The predicted octanol–water partition coefficient (Wildman–Crippen LogP) is 3.48. The Hall–Kier alpha value is -1.53. The van der Waals surface area contributed by atoms with Gasteiger partial charge in [0.25, 0.3) is 0 Å². The molecular formula is C19H37N3O3. The zero-order valence-corrected chi connectivity index (χ0v) is 16.5. The van der Waals surface area contributed by atoms with Crippen molar-refractivity contribution in [1.29, 1.82) is 0 Å². The molecule has 0 radical (unpaired) electrons. The summed E-state index contributed by atoms with van der Waals surface area (Å²) in [5, 5.41) is 8.69. The van der Waals surface area contributed by atoms with Gasteiger partial charge in [0.05, 0.1) is 6.61 Å². The Kier molecular flexibility index (Phi) is 15.0. The molecule has 0 spiro atoms. The van der Waals surface area contributed by atoms with Gasteiger partial charge >= 0.3 is 0 Å². The lowest BCUT2D eigenvalue weighted by atomic mass is 10.3. The first kappa shape index (κ1) is 23.5. The van der Waals surface area contributed by atoms with Crippen molar-refractivity contribution in [2.45, 2.75) is 53.4 Å². The number of aromatic nitrogens is 1. The Balaban J connectivity index is 0.00000277. The second-order valence-corrected chi connectivity index (χ2v) is 5.47. The molecule has 6 heteroatoms. The fraction of sp³-hybridized carbons (Fsp3) is 0.737. The lowest BCUT2D eigenvalue weighted by molar-refractivity contribution is 0.0930. The lowest BCUT2D eigenvalue weighted by Gasteiger charge is -2.24. The first-order valence-electron chi connectivity index (χ1n) is 9.55. The van der Waals surface area contributed by atoms with Gasteiger partial charge in [-0.1, -0.05) is 27.7 Å². The molecule has 1 aromatic rings. The molecule has 0 unspecified atom stereocenters. The van der Waals surface area contributed by atoms with Gasteiger partial charge in [0.15, 0.2) is 0 Å². The number of hydrogen-bond acceptors (Lipinski definition) is 6. The minimum atomic E-state index is 0.210. The van der Waals surface area contributed by atoms with E-state index in [1.807, 2.05) is 26.0 Å². The SMILES string of the molecule is CC.CCCN(CCC)c1cc(N)nc(OCCOCCCCO)c1. The number of nitrogens with two attached hydrogens (primary N) is 1. The van der Waals surface area contributed by atoms with Crippen LogP contribution < -0.4 is 15.4 Å². The quantitative estimate of drug-likeness (QED) is 0.527. The van der Waals surface area contributed by atoms with Crippen molar-refractivity contribution in [3.8, 4) is 5.88 Å². The van der Waals surface area contributed by atoms with Crippen LogP contribution in [0.4, 0.5) is 11.5 Å². The summed E-state index contributed by atoms with van der Waals surface area (Å²) in [7, 11) is 0. The molecule has 0 amide bonds. The van der Waals surface area contributed by atoms with E-state index in [1.54, 1.807) is 0 Å². The molecule has 0 aromatic carbocycles. The van der Waals surface area contributed by atoms with Gasteiger partial charge in [-0.2, -0.15) is 4.98 Å². The van der Waals surface area contributed by atoms with Crippen LogP contribution in [0, 0.1) is 0 Å². The van der Waals surface area contributed by atoms with Gasteiger partial charge in [-0.15, -0.1) is 0 Å². The van der Waals surface area contributed by atoms with Crippen LogP contribution in [0.25, 0.3) is 0 Å². The summed E-state index contributed by atoms with van der Waals surface area (Å²) in [6, 6.07) is 3.83. The Morgan fingerprint density at radius 1 is 1.04 bits per heavy atom. The molecule has 146 valence electrons. The highest BCUT2D eigenvalue weighted by atomic mass is 16.5. The second kappa shape index (κ2) is 16.0. The lowest BCUT2D eigenvalue weighted by Crippen LogP contribution is -2.25. The number of anilines is 2. The molecule has 0 saturated carbocycles. The zero-order valence-electron chi connectivity index (χ0n) is 16.5. The van der Waals surface area contributed by atoms with Crippen LogP contribution in [-0.4, -0.2) is 49.6 Å². The summed E-state index contributed by atoms with van der Waals surface area (Å²) in [6.45, 7) is 12.1. The maximum atomic E-state index is 8.69. The summed E-state index contributed by atoms with van der Waals surface area (Å²) in [5.41, 5.74) is 6.96. The largest absolute Gasteiger partial charge is 0.475 e. The number of unbranched alkanes of at least 4 members (excludes halogenated alkanes) is 1. The molecule has 1 heterocycles. The highest BCUT2D eigenvalue weighted by Crippen LogP contribution is 2.23. The van der Waals surface area contributed by atoms with Crippen LogP contribution in [-0.2, 0) is 4.74 Å². The van der Waals surface area contributed by atoms with Gasteiger partial charge in [-0.3, -0.25) is 0 Å². The molecule has 0 atom stereocenters. The summed E-state index contributed by atoms with van der Waals surface area (Å²) in [4.78, 5) is 6.53. The van der Waals surface area contributed by atoms with Crippen molar-refractivity contribution in [2.24, 2.45) is 0 Å². The van der Waals surface area contributed by atoms with Crippen LogP contribution in [0.5, 0.6) is 5.88 Å². The first-order chi connectivity index (χ1) is 12.2. The van der Waals surface area contributed by atoms with Gasteiger partial charge in [0, 0.05) is 44.1 Å². The van der Waals surface area contributed by atoms with E-state index in [2.05, 4.69) is 23.7 Å². The fourth-order valence-corrected chi connectivity index (χ4v) is 2.30. The Morgan fingerprint density at radius 3 is 2.32 bits per heavy atom. The number of pyridine rings is 1. The molecule has 3 N–H and O–H groups in total. The highest BCUT2D eigenvalue weighted by molar-refractivity contribution is 5.55. The second-order valence-electron chi connectivity index (χ2n) is 5.47. The maximum Gasteiger partial charge on any atom is 0.217 e. The van der Waals surface area contributed by atoms with Gasteiger partial charge < -0.3 is 25.2 Å². The van der Waals surface area contributed by atoms with Gasteiger partial charge in [0.1, 0.15) is 12.4 Å². The molecule has 0 saturated heterocycles. The van der Waals surface area contributed by atoms with Crippen LogP contribution in [0.2, 0.25) is 0 Å². The van der Waals surface area contributed by atoms with Crippen molar-refractivity contribution in [2.75, 3.05) is 50.2 Å². The number of hydrogen-bond donors (Lipinski definition) is 2. The first-order valence-corrected chi connectivity index (χ1v) is 9.55. The van der Waals surface area contributed by atoms with E-state index in [0.29, 0.717) is 31.5 Å². The molecule has 0 aliphatic rings. The van der Waals surface area contributed by atoms with Crippen LogP contribution in [0.3, 0.4) is 0 Å². The minimum Gasteiger partial charge on any atom is -0.475 e. The van der Waals surface area contributed by atoms with Crippen LogP contribution in [0.15, 0.2) is 12.1 Å². The summed E-state index contributed by atoms with van der Waals surface area (Å²) >= 11 is 0. The number of aliphatic hydroxyl groups excluding tert-OH is 1. The van der Waals surface area contributed by atoms with E-state index in [9.17, 15) is 0 Å². The molecule has 1 rings (SSSR count). The van der Waals surface area contributed by atoms with Crippen molar-refractivity contribution in [3.05, 3.63) is 12.1 Å². The predicted molar refractivity (Wildman–Crippen MR) is 105 cm³/mol. The number of rotatable bonds is 13. The van der Waals surface area contributed by atoms with E-state index in [1.165, 1.54) is 0 Å². The monoisotopic (exact) mass is 355 g/mol. The molecule has 1 aromatic heterocycles. The average molecular weight is 356 g/mol. The van der Waals surface area contributed by atoms with E-state index >= 15 is 0 Å². The highest BCUT2D eigenvalue weighted by Gasteiger charge is 2.08. The number of ether oxygens (including phenoxy) is 2. The number of aliphatic hydroxyl groups is 1. The third-order valence-electron chi connectivity index (χ3n) is 3.33. The average Bonchev–Trinajstić information content (AvgIpc) is 2.62. The third-order valence-corrected chi connectivity index (χ3v) is 3.33. The van der Waals surface area contributed by atoms with Crippen molar-refractivity contribution in [1.82, 2.24) is 4.98 Å². The van der Waals surface area contributed by atoms with Gasteiger partial charge in [-0.05, 0) is 25.7 Å². The summed E-state index contributed by atoms with van der Waals surface area (Å²) in [5.74, 6) is 1.01. The molecular weight excluding hydrogens is 318 g/mol. The Morgan fingerprint density at radius 2 is 1.72 bits per heavy atom. The third kappa shape index (κ3) is 10.8. The van der Waals surface area contributed by atoms with Crippen LogP contribution >= 0.6 is 0 Å². The van der Waals surface area contributed by atoms with Gasteiger partial charge in [0.2, 0.25) is 5.88 Å². The standard InChI is InChI=1S/C17H31N3O3.C2H6/c1-3-7-20(8-4-2)15-13-16(18)19-17(14-15)23-12-11-22-10-6-5-9-21;1-2/h13-14,21H,3-12H2,1-2H3,(H2,18,19);1-2H3. The van der Waals surface area contributed by atoms with E-state index in [0.717, 1.165) is 44.5 Å². The number of nitrogens with zero attached hydrogens (tertiary/aromatic N) is 2. The number of nitrogen functional groups attached to an aromatic ring is 1. The van der Waals surface area contributed by atoms with Gasteiger partial charge in [-0.25, -0.2) is 0 Å². The fourth-order valence-electron chi connectivity index (χ4n) is 2.30. The van der Waals surface area contributed by atoms with E-state index in [-0.39, 0.29) is 6.61 Å².